The van der Waals surface area contributed by atoms with Crippen molar-refractivity contribution in [2.75, 3.05) is 32.4 Å². The number of thioether (sulfide) groups is 1. The van der Waals surface area contributed by atoms with Crippen LogP contribution in [0.1, 0.15) is 37.9 Å². The van der Waals surface area contributed by atoms with Gasteiger partial charge in [0.15, 0.2) is 0 Å². The lowest BCUT2D eigenvalue weighted by Gasteiger charge is -2.20. The fourth-order valence-corrected chi connectivity index (χ4v) is 3.35. The minimum Gasteiger partial charge on any atom is -0.313 e. The van der Waals surface area contributed by atoms with E-state index in [-0.39, 0.29) is 11.9 Å². The number of nitrogens with zero attached hydrogens (tertiary/aromatic N) is 1. The summed E-state index contributed by atoms with van der Waals surface area (Å²) in [5.41, 5.74) is 1.78. The first kappa shape index (κ1) is 17.5. The molecule has 0 bridgehead atoms. The Hall–Kier alpha value is -0.580. The quantitative estimate of drug-likeness (QED) is 0.734. The maximum atomic E-state index is 13.8. The van der Waals surface area contributed by atoms with E-state index in [4.69, 9.17) is 0 Å². The largest absolute Gasteiger partial charge is 0.313 e. The van der Waals surface area contributed by atoms with E-state index in [2.05, 4.69) is 31.0 Å². The topological polar surface area (TPSA) is 15.3 Å². The Morgan fingerprint density at radius 1 is 1.30 bits per heavy atom. The predicted molar refractivity (Wildman–Crippen MR) is 87.1 cm³/mol. The van der Waals surface area contributed by atoms with Crippen LogP contribution in [-0.4, -0.2) is 37.3 Å². The van der Waals surface area contributed by atoms with E-state index in [0.29, 0.717) is 0 Å². The van der Waals surface area contributed by atoms with Crippen molar-refractivity contribution >= 4 is 11.8 Å². The first-order valence-corrected chi connectivity index (χ1v) is 8.34. The monoisotopic (exact) mass is 298 g/mol. The molecule has 0 aliphatic heterocycles. The average Bonchev–Trinajstić information content (AvgIpc) is 2.46. The molecule has 0 radical (unpaired) electrons. The summed E-state index contributed by atoms with van der Waals surface area (Å²) < 4.78 is 13.8. The van der Waals surface area contributed by atoms with Gasteiger partial charge in [0.25, 0.3) is 0 Å². The third-order valence-corrected chi connectivity index (χ3v) is 4.80. The average molecular weight is 298 g/mol. The molecule has 1 aromatic rings. The number of halogens is 1. The summed E-state index contributed by atoms with van der Waals surface area (Å²) in [4.78, 5) is 3.60. The van der Waals surface area contributed by atoms with Gasteiger partial charge in [0, 0.05) is 23.2 Å². The molecule has 114 valence electrons. The molecule has 20 heavy (non-hydrogen) atoms. The molecule has 1 rings (SSSR count). The number of benzene rings is 1. The maximum Gasteiger partial charge on any atom is 0.126 e. The van der Waals surface area contributed by atoms with Gasteiger partial charge in [0.1, 0.15) is 5.82 Å². The second kappa shape index (κ2) is 8.65. The van der Waals surface area contributed by atoms with Crippen LogP contribution in [0.15, 0.2) is 17.0 Å². The minimum atomic E-state index is -0.116. The predicted octanol–water partition coefficient (Wildman–Crippen LogP) is 3.85. The second-order valence-electron chi connectivity index (χ2n) is 5.02. The molecule has 0 fully saturated rings. The first-order chi connectivity index (χ1) is 9.53. The molecule has 0 saturated heterocycles. The normalized spacial score (nSPS) is 12.9. The van der Waals surface area contributed by atoms with Gasteiger partial charge >= 0.3 is 0 Å². The third-order valence-electron chi connectivity index (χ3n) is 3.75. The lowest BCUT2D eigenvalue weighted by Crippen LogP contribution is -2.25. The maximum absolute atomic E-state index is 13.8. The fraction of sp³-hybridized carbons (Fsp3) is 0.625. The minimum absolute atomic E-state index is 0.116. The summed E-state index contributed by atoms with van der Waals surface area (Å²) in [6.45, 7) is 11.5. The van der Waals surface area contributed by atoms with E-state index >= 15 is 0 Å². The Labute approximate surface area is 127 Å². The van der Waals surface area contributed by atoms with E-state index in [1.807, 2.05) is 31.8 Å². The van der Waals surface area contributed by atoms with Crippen molar-refractivity contribution in [1.29, 1.82) is 0 Å². The van der Waals surface area contributed by atoms with Crippen LogP contribution in [0.3, 0.4) is 0 Å². The van der Waals surface area contributed by atoms with Crippen molar-refractivity contribution in [3.8, 4) is 0 Å². The summed E-state index contributed by atoms with van der Waals surface area (Å²) >= 11 is 1.82. The molecule has 0 amide bonds. The van der Waals surface area contributed by atoms with Crippen molar-refractivity contribution in [1.82, 2.24) is 10.2 Å². The molecule has 0 aromatic heterocycles. The lowest BCUT2D eigenvalue weighted by molar-refractivity contribution is 0.324. The molecular formula is C16H27FN2S. The summed E-state index contributed by atoms with van der Waals surface area (Å²) in [5.74, 6) is 0.922. The zero-order valence-corrected chi connectivity index (χ0v) is 14.1. The van der Waals surface area contributed by atoms with E-state index in [0.717, 1.165) is 36.5 Å². The molecule has 0 spiro atoms. The lowest BCUT2D eigenvalue weighted by atomic mass is 10.1. The van der Waals surface area contributed by atoms with Crippen LogP contribution in [0, 0.1) is 12.7 Å². The van der Waals surface area contributed by atoms with Crippen molar-refractivity contribution in [2.24, 2.45) is 0 Å². The highest BCUT2D eigenvalue weighted by Gasteiger charge is 2.13. The zero-order chi connectivity index (χ0) is 15.1. The number of aryl methyl sites for hydroxylation is 1. The Morgan fingerprint density at radius 2 is 1.95 bits per heavy atom. The van der Waals surface area contributed by atoms with Crippen LogP contribution >= 0.6 is 11.8 Å². The Balaban J connectivity index is 2.79. The molecule has 2 nitrogen and oxygen atoms in total. The Bertz CT molecular complexity index is 419. The molecule has 1 atom stereocenters. The molecule has 0 heterocycles. The van der Waals surface area contributed by atoms with Gasteiger partial charge in [-0.2, -0.15) is 0 Å². The molecule has 1 aromatic carbocycles. The molecule has 0 aliphatic rings. The smallest absolute Gasteiger partial charge is 0.126 e. The van der Waals surface area contributed by atoms with Crippen molar-refractivity contribution < 1.29 is 4.39 Å². The summed E-state index contributed by atoms with van der Waals surface area (Å²) in [5, 5.41) is 3.20. The third kappa shape index (κ3) is 4.76. The van der Waals surface area contributed by atoms with Crippen LogP contribution in [0.25, 0.3) is 0 Å². The van der Waals surface area contributed by atoms with Crippen molar-refractivity contribution in [3.05, 3.63) is 29.1 Å². The fourth-order valence-electron chi connectivity index (χ4n) is 2.11. The van der Waals surface area contributed by atoms with Crippen LogP contribution in [0.5, 0.6) is 0 Å². The molecular weight excluding hydrogens is 271 g/mol. The van der Waals surface area contributed by atoms with Crippen LogP contribution in [0.2, 0.25) is 0 Å². The Kier molecular flexibility index (Phi) is 7.56. The number of rotatable bonds is 8. The molecule has 4 heteroatoms. The summed E-state index contributed by atoms with van der Waals surface area (Å²) in [6.07, 6.45) is 0. The second-order valence-corrected chi connectivity index (χ2v) is 6.16. The Morgan fingerprint density at radius 3 is 2.50 bits per heavy atom. The van der Waals surface area contributed by atoms with Gasteiger partial charge in [0.2, 0.25) is 0 Å². The summed E-state index contributed by atoms with van der Waals surface area (Å²) in [6, 6.07) is 3.82. The number of hydrogen-bond acceptors (Lipinski definition) is 3. The van der Waals surface area contributed by atoms with Gasteiger partial charge in [-0.3, -0.25) is 0 Å². The van der Waals surface area contributed by atoms with Crippen LogP contribution in [0.4, 0.5) is 4.39 Å². The van der Waals surface area contributed by atoms with Crippen LogP contribution in [-0.2, 0) is 0 Å². The molecule has 0 saturated carbocycles. The highest BCUT2D eigenvalue weighted by atomic mass is 32.2. The SMILES string of the molecule is CCN(CC)CCSc1cc(C)c(F)cc1C(C)NC. The molecule has 1 unspecified atom stereocenters. The van der Waals surface area contributed by atoms with E-state index < -0.39 is 0 Å². The molecule has 1 N–H and O–H groups in total. The highest BCUT2D eigenvalue weighted by molar-refractivity contribution is 7.99. The standard InChI is InChI=1S/C16H27FN2S/c1-6-19(7-2)8-9-20-16-10-12(3)15(17)11-14(16)13(4)18-5/h10-11,13,18H,6-9H2,1-5H3. The summed E-state index contributed by atoms with van der Waals surface area (Å²) in [7, 11) is 1.91. The van der Waals surface area contributed by atoms with Gasteiger partial charge in [-0.15, -0.1) is 11.8 Å². The van der Waals surface area contributed by atoms with Gasteiger partial charge in [-0.05, 0) is 57.2 Å². The van der Waals surface area contributed by atoms with E-state index in [1.54, 1.807) is 6.07 Å². The van der Waals surface area contributed by atoms with E-state index in [1.165, 1.54) is 4.90 Å². The van der Waals surface area contributed by atoms with Gasteiger partial charge in [0.05, 0.1) is 0 Å². The zero-order valence-electron chi connectivity index (χ0n) is 13.3. The number of nitrogens with one attached hydrogen (secondary N) is 1. The van der Waals surface area contributed by atoms with Gasteiger partial charge in [-0.25, -0.2) is 4.39 Å². The van der Waals surface area contributed by atoms with Gasteiger partial charge < -0.3 is 10.2 Å². The number of hydrogen-bond donors (Lipinski definition) is 1. The van der Waals surface area contributed by atoms with Crippen molar-refractivity contribution in [3.63, 3.8) is 0 Å². The van der Waals surface area contributed by atoms with E-state index in [9.17, 15) is 4.39 Å². The van der Waals surface area contributed by atoms with Crippen LogP contribution < -0.4 is 5.32 Å². The highest BCUT2D eigenvalue weighted by Crippen LogP contribution is 2.30. The van der Waals surface area contributed by atoms with Gasteiger partial charge in [-0.1, -0.05) is 13.8 Å². The first-order valence-electron chi connectivity index (χ1n) is 7.35. The van der Waals surface area contributed by atoms with Crippen molar-refractivity contribution in [2.45, 2.75) is 38.6 Å². The molecule has 0 aliphatic carbocycles.